The summed E-state index contributed by atoms with van der Waals surface area (Å²) in [6.45, 7) is 0.512. The molecule has 3 atom stereocenters. The summed E-state index contributed by atoms with van der Waals surface area (Å²) in [5, 5.41) is 9.71. The Morgan fingerprint density at radius 3 is 2.61 bits per heavy atom. The molecule has 2 saturated carbocycles. The Morgan fingerprint density at radius 1 is 1.07 bits per heavy atom. The molecule has 1 saturated heterocycles. The van der Waals surface area contributed by atoms with E-state index in [0.29, 0.717) is 17.6 Å². The normalized spacial score (nSPS) is 27.6. The maximum Gasteiger partial charge on any atom is 0.326 e. The molecule has 3 unspecified atom stereocenters. The number of hydrogen-bond acceptors (Lipinski definition) is 3. The highest BCUT2D eigenvalue weighted by Gasteiger charge is 2.49. The van der Waals surface area contributed by atoms with Crippen molar-refractivity contribution in [1.29, 1.82) is 0 Å². The zero-order chi connectivity index (χ0) is 19.4. The van der Waals surface area contributed by atoms with E-state index < -0.39 is 12.0 Å². The molecule has 7 heteroatoms. The van der Waals surface area contributed by atoms with E-state index >= 15 is 0 Å². The molecule has 3 aliphatic rings. The smallest absolute Gasteiger partial charge is 0.326 e. The second-order valence-corrected chi connectivity index (χ2v) is 8.57. The summed E-state index contributed by atoms with van der Waals surface area (Å²) < 4.78 is 1.82. The molecule has 2 aromatic rings. The predicted octanol–water partition coefficient (Wildman–Crippen LogP) is 2.77. The van der Waals surface area contributed by atoms with Crippen molar-refractivity contribution in [3.8, 4) is 0 Å². The number of likely N-dealkylation sites (tertiary alicyclic amines) is 1. The Labute approximate surface area is 162 Å². The van der Waals surface area contributed by atoms with Gasteiger partial charge in [0.1, 0.15) is 6.04 Å². The number of fused-ring (bicyclic) bond motifs is 2. The number of amides is 1. The molecule has 1 aromatic carbocycles. The lowest BCUT2D eigenvalue weighted by atomic mass is 9.94. The van der Waals surface area contributed by atoms with Gasteiger partial charge < -0.3 is 15.0 Å². The average Bonchev–Trinajstić information content (AvgIpc) is 3.42. The SMILES string of the molecule is O=C(O)C1C2CCCC2CN1C(=O)c1ccc2c(c1)[nH]c(=O)n2C1CCCC1. The number of rotatable bonds is 3. The van der Waals surface area contributed by atoms with E-state index in [4.69, 9.17) is 0 Å². The first-order chi connectivity index (χ1) is 13.5. The van der Waals surface area contributed by atoms with E-state index in [1.807, 2.05) is 10.6 Å². The van der Waals surface area contributed by atoms with Gasteiger partial charge in [-0.25, -0.2) is 9.59 Å². The summed E-state index contributed by atoms with van der Waals surface area (Å²) >= 11 is 0. The largest absolute Gasteiger partial charge is 0.480 e. The number of aromatic nitrogens is 2. The molecule has 28 heavy (non-hydrogen) atoms. The third-order valence-corrected chi connectivity index (χ3v) is 7.06. The second-order valence-electron chi connectivity index (χ2n) is 8.57. The minimum absolute atomic E-state index is 0.0634. The summed E-state index contributed by atoms with van der Waals surface area (Å²) in [5.41, 5.74) is 1.78. The van der Waals surface area contributed by atoms with Crippen LogP contribution in [0.15, 0.2) is 23.0 Å². The molecule has 0 bridgehead atoms. The molecular formula is C21H25N3O4. The molecule has 2 N–H and O–H groups in total. The highest BCUT2D eigenvalue weighted by atomic mass is 16.4. The van der Waals surface area contributed by atoms with Gasteiger partial charge in [-0.3, -0.25) is 9.36 Å². The average molecular weight is 383 g/mol. The number of imidazole rings is 1. The maximum atomic E-state index is 13.1. The lowest BCUT2D eigenvalue weighted by Gasteiger charge is -2.24. The van der Waals surface area contributed by atoms with Crippen LogP contribution in [0, 0.1) is 11.8 Å². The van der Waals surface area contributed by atoms with Crippen LogP contribution < -0.4 is 5.69 Å². The summed E-state index contributed by atoms with van der Waals surface area (Å²) in [7, 11) is 0. The molecule has 3 fully saturated rings. The van der Waals surface area contributed by atoms with E-state index in [1.165, 1.54) is 4.90 Å². The van der Waals surface area contributed by atoms with Crippen LogP contribution in [0.5, 0.6) is 0 Å². The van der Waals surface area contributed by atoms with Gasteiger partial charge in [-0.15, -0.1) is 0 Å². The van der Waals surface area contributed by atoms with Crippen molar-refractivity contribution in [3.05, 3.63) is 34.2 Å². The van der Waals surface area contributed by atoms with E-state index in [0.717, 1.165) is 50.5 Å². The molecule has 0 radical (unpaired) electrons. The van der Waals surface area contributed by atoms with Crippen LogP contribution in [0.2, 0.25) is 0 Å². The third kappa shape index (κ3) is 2.59. The van der Waals surface area contributed by atoms with Crippen LogP contribution in [0.3, 0.4) is 0 Å². The maximum absolute atomic E-state index is 13.1. The highest BCUT2D eigenvalue weighted by molar-refractivity contribution is 5.99. The number of hydrogen-bond donors (Lipinski definition) is 2. The fourth-order valence-electron chi connectivity index (χ4n) is 5.79. The lowest BCUT2D eigenvalue weighted by molar-refractivity contribution is -0.142. The van der Waals surface area contributed by atoms with Crippen molar-refractivity contribution in [2.75, 3.05) is 6.54 Å². The van der Waals surface area contributed by atoms with E-state index in [9.17, 15) is 19.5 Å². The summed E-state index contributed by atoms with van der Waals surface area (Å²) in [5.74, 6) is -0.812. The number of aliphatic carboxylic acids is 1. The van der Waals surface area contributed by atoms with Crippen molar-refractivity contribution in [3.63, 3.8) is 0 Å². The van der Waals surface area contributed by atoms with Crippen molar-refractivity contribution in [2.45, 2.75) is 57.0 Å². The molecule has 1 aliphatic heterocycles. The fourth-order valence-corrected chi connectivity index (χ4v) is 5.79. The molecule has 1 aromatic heterocycles. The Hall–Kier alpha value is -2.57. The first-order valence-electron chi connectivity index (χ1n) is 10.3. The summed E-state index contributed by atoms with van der Waals surface area (Å²) in [6.07, 6.45) is 7.19. The Kier molecular flexibility index (Phi) is 4.07. The monoisotopic (exact) mass is 383 g/mol. The molecular weight excluding hydrogens is 358 g/mol. The number of nitrogens with one attached hydrogen (secondary N) is 1. The zero-order valence-corrected chi connectivity index (χ0v) is 15.8. The number of carbonyl (C=O) groups is 2. The van der Waals surface area contributed by atoms with Gasteiger partial charge in [-0.05, 0) is 55.7 Å². The molecule has 7 nitrogen and oxygen atoms in total. The van der Waals surface area contributed by atoms with Crippen LogP contribution in [0.25, 0.3) is 11.0 Å². The Balaban J connectivity index is 1.48. The van der Waals surface area contributed by atoms with Crippen LogP contribution in [-0.4, -0.2) is 44.0 Å². The van der Waals surface area contributed by atoms with Crippen LogP contribution in [0.4, 0.5) is 0 Å². The topological polar surface area (TPSA) is 95.4 Å². The number of carbonyl (C=O) groups excluding carboxylic acids is 1. The predicted molar refractivity (Wildman–Crippen MR) is 103 cm³/mol. The van der Waals surface area contributed by atoms with Gasteiger partial charge in [0.25, 0.3) is 5.91 Å². The first kappa shape index (κ1) is 17.5. The zero-order valence-electron chi connectivity index (χ0n) is 15.8. The van der Waals surface area contributed by atoms with Crippen molar-refractivity contribution in [2.24, 2.45) is 11.8 Å². The van der Waals surface area contributed by atoms with Gasteiger partial charge in [-0.1, -0.05) is 19.3 Å². The van der Waals surface area contributed by atoms with Gasteiger partial charge in [0.15, 0.2) is 0 Å². The Bertz CT molecular complexity index is 1000. The van der Waals surface area contributed by atoms with E-state index in [-0.39, 0.29) is 29.5 Å². The molecule has 2 heterocycles. The number of benzene rings is 1. The number of H-pyrrole nitrogens is 1. The van der Waals surface area contributed by atoms with Gasteiger partial charge in [-0.2, -0.15) is 0 Å². The standard InChI is InChI=1S/C21H25N3O4/c25-19(23-11-13-4-3-7-15(13)18(23)20(26)27)12-8-9-17-16(10-12)22-21(28)24(17)14-5-1-2-6-14/h8-10,13-15,18H,1-7,11H2,(H,22,28)(H,26,27). The summed E-state index contributed by atoms with van der Waals surface area (Å²) in [4.78, 5) is 41.9. The molecule has 2 aliphatic carbocycles. The van der Waals surface area contributed by atoms with Gasteiger partial charge in [0, 0.05) is 18.2 Å². The number of carboxylic acid groups (broad SMARTS) is 1. The highest BCUT2D eigenvalue weighted by Crippen LogP contribution is 2.42. The van der Waals surface area contributed by atoms with Crippen LogP contribution in [0.1, 0.15) is 61.3 Å². The second kappa shape index (κ2) is 6.50. The quantitative estimate of drug-likeness (QED) is 0.852. The molecule has 148 valence electrons. The minimum atomic E-state index is -0.912. The molecule has 0 spiro atoms. The lowest BCUT2D eigenvalue weighted by Crippen LogP contribution is -2.43. The van der Waals surface area contributed by atoms with Crippen molar-refractivity contribution in [1.82, 2.24) is 14.5 Å². The fraction of sp³-hybridized carbons (Fsp3) is 0.571. The van der Waals surface area contributed by atoms with Crippen molar-refractivity contribution >= 4 is 22.9 Å². The van der Waals surface area contributed by atoms with Gasteiger partial charge in [0.05, 0.1) is 11.0 Å². The van der Waals surface area contributed by atoms with Crippen molar-refractivity contribution < 1.29 is 14.7 Å². The number of aromatic amines is 1. The van der Waals surface area contributed by atoms with E-state index in [2.05, 4.69) is 4.98 Å². The van der Waals surface area contributed by atoms with Gasteiger partial charge in [0.2, 0.25) is 0 Å². The minimum Gasteiger partial charge on any atom is -0.480 e. The van der Waals surface area contributed by atoms with Gasteiger partial charge >= 0.3 is 11.7 Å². The third-order valence-electron chi connectivity index (χ3n) is 7.06. The number of nitrogens with zero attached hydrogens (tertiary/aromatic N) is 2. The van der Waals surface area contributed by atoms with Crippen LogP contribution in [-0.2, 0) is 4.79 Å². The molecule has 1 amide bonds. The first-order valence-corrected chi connectivity index (χ1v) is 10.3. The Morgan fingerprint density at radius 2 is 1.86 bits per heavy atom. The van der Waals surface area contributed by atoms with Crippen LogP contribution >= 0.6 is 0 Å². The number of carboxylic acids is 1. The van der Waals surface area contributed by atoms with E-state index in [1.54, 1.807) is 12.1 Å². The summed E-state index contributed by atoms with van der Waals surface area (Å²) in [6, 6.07) is 4.74. The molecule has 5 rings (SSSR count).